The highest BCUT2D eigenvalue weighted by Crippen LogP contribution is 2.40. The number of carbonyl (C=O) groups excluding carboxylic acids is 1. The van der Waals surface area contributed by atoms with E-state index in [1.54, 1.807) is 22.3 Å². The quantitative estimate of drug-likeness (QED) is 0.800. The van der Waals surface area contributed by atoms with Gasteiger partial charge in [-0.05, 0) is 17.9 Å². The number of hydrogen-bond donors (Lipinski definition) is 1. The van der Waals surface area contributed by atoms with E-state index in [4.69, 9.17) is 5.11 Å². The maximum Gasteiger partial charge on any atom is 0.307 e. The predicted molar refractivity (Wildman–Crippen MR) is 69.2 cm³/mol. The topological polar surface area (TPSA) is 57.6 Å². The molecule has 1 amide bonds. The van der Waals surface area contributed by atoms with Crippen molar-refractivity contribution >= 4 is 23.2 Å². The summed E-state index contributed by atoms with van der Waals surface area (Å²) in [5, 5.41) is 10.8. The zero-order valence-corrected chi connectivity index (χ0v) is 10.7. The minimum absolute atomic E-state index is 0.0734. The average molecular weight is 265 g/mol. The van der Waals surface area contributed by atoms with Crippen molar-refractivity contribution in [2.45, 2.75) is 13.0 Å². The van der Waals surface area contributed by atoms with Gasteiger partial charge in [-0.15, -0.1) is 17.9 Å². The summed E-state index contributed by atoms with van der Waals surface area (Å²) >= 11 is 1.59. The maximum absolute atomic E-state index is 12.2. The molecule has 0 aliphatic heterocycles. The van der Waals surface area contributed by atoms with Crippen LogP contribution < -0.4 is 0 Å². The van der Waals surface area contributed by atoms with E-state index in [0.29, 0.717) is 19.5 Å². The lowest BCUT2D eigenvalue weighted by molar-refractivity contribution is -0.142. The van der Waals surface area contributed by atoms with Gasteiger partial charge in [-0.1, -0.05) is 12.1 Å². The van der Waals surface area contributed by atoms with Crippen LogP contribution in [0.1, 0.15) is 11.3 Å². The number of carbonyl (C=O) groups is 2. The number of thiophene rings is 1. The van der Waals surface area contributed by atoms with Gasteiger partial charge < -0.3 is 10.0 Å². The molecule has 1 aromatic rings. The van der Waals surface area contributed by atoms with Crippen molar-refractivity contribution in [2.24, 2.45) is 11.8 Å². The van der Waals surface area contributed by atoms with E-state index in [1.165, 1.54) is 0 Å². The fourth-order valence-electron chi connectivity index (χ4n) is 1.95. The van der Waals surface area contributed by atoms with Crippen LogP contribution in [0.3, 0.4) is 0 Å². The third-order valence-electron chi connectivity index (χ3n) is 3.01. The van der Waals surface area contributed by atoms with Crippen LogP contribution in [0.25, 0.3) is 0 Å². The molecule has 4 nitrogen and oxygen atoms in total. The van der Waals surface area contributed by atoms with Gasteiger partial charge in [0.15, 0.2) is 0 Å². The Morgan fingerprint density at radius 1 is 1.56 bits per heavy atom. The second kappa shape index (κ2) is 5.35. The van der Waals surface area contributed by atoms with Gasteiger partial charge in [0.25, 0.3) is 0 Å². The van der Waals surface area contributed by atoms with E-state index in [2.05, 4.69) is 6.58 Å². The van der Waals surface area contributed by atoms with Crippen LogP contribution in [0, 0.1) is 11.8 Å². The number of nitrogens with zero attached hydrogens (tertiary/aromatic N) is 1. The van der Waals surface area contributed by atoms with Gasteiger partial charge in [-0.3, -0.25) is 9.59 Å². The molecule has 1 aromatic heterocycles. The first-order chi connectivity index (χ1) is 8.63. The number of carboxylic acid groups (broad SMARTS) is 1. The molecule has 0 aromatic carbocycles. The van der Waals surface area contributed by atoms with E-state index in [1.807, 2.05) is 17.5 Å². The first kappa shape index (κ1) is 12.8. The Balaban J connectivity index is 1.99. The fourth-order valence-corrected chi connectivity index (χ4v) is 2.67. The van der Waals surface area contributed by atoms with Crippen molar-refractivity contribution < 1.29 is 14.7 Å². The SMILES string of the molecule is C=CCN(Cc1cccs1)C(=O)C1CC1C(=O)O. The van der Waals surface area contributed by atoms with Gasteiger partial charge >= 0.3 is 5.97 Å². The molecule has 2 unspecified atom stereocenters. The van der Waals surface area contributed by atoms with Crippen molar-refractivity contribution in [3.05, 3.63) is 35.0 Å². The molecular weight excluding hydrogens is 250 g/mol. The van der Waals surface area contributed by atoms with Crippen LogP contribution in [0.2, 0.25) is 0 Å². The Labute approximate surface area is 110 Å². The summed E-state index contributed by atoms with van der Waals surface area (Å²) in [6.07, 6.45) is 2.13. The molecular formula is C13H15NO3S. The lowest BCUT2D eigenvalue weighted by Crippen LogP contribution is -2.32. The molecule has 0 spiro atoms. The maximum atomic E-state index is 12.2. The molecule has 96 valence electrons. The van der Waals surface area contributed by atoms with Crippen molar-refractivity contribution in [1.82, 2.24) is 4.90 Å². The molecule has 5 heteroatoms. The number of amides is 1. The van der Waals surface area contributed by atoms with Crippen molar-refractivity contribution in [1.29, 1.82) is 0 Å². The van der Waals surface area contributed by atoms with Crippen LogP contribution in [-0.2, 0) is 16.1 Å². The number of carboxylic acids is 1. The lowest BCUT2D eigenvalue weighted by atomic mass is 10.2. The van der Waals surface area contributed by atoms with E-state index >= 15 is 0 Å². The first-order valence-corrected chi connectivity index (χ1v) is 6.66. The summed E-state index contributed by atoms with van der Waals surface area (Å²) in [5.74, 6) is -1.78. The Hall–Kier alpha value is -1.62. The molecule has 1 aliphatic carbocycles. The highest BCUT2D eigenvalue weighted by Gasteiger charge is 2.49. The zero-order chi connectivity index (χ0) is 13.1. The Bertz CT molecular complexity index is 455. The largest absolute Gasteiger partial charge is 0.481 e. The van der Waals surface area contributed by atoms with Gasteiger partial charge in [0, 0.05) is 11.4 Å². The average Bonchev–Trinajstić information content (AvgIpc) is 2.99. The molecule has 1 N–H and O–H groups in total. The molecule has 0 saturated heterocycles. The highest BCUT2D eigenvalue weighted by atomic mass is 32.1. The van der Waals surface area contributed by atoms with E-state index in [9.17, 15) is 9.59 Å². The smallest absolute Gasteiger partial charge is 0.307 e. The van der Waals surface area contributed by atoms with Crippen LogP contribution in [0.4, 0.5) is 0 Å². The van der Waals surface area contributed by atoms with Gasteiger partial charge in [-0.25, -0.2) is 0 Å². The summed E-state index contributed by atoms with van der Waals surface area (Å²) in [4.78, 5) is 25.7. The second-order valence-electron chi connectivity index (χ2n) is 4.37. The van der Waals surface area contributed by atoms with Gasteiger partial charge in [0.1, 0.15) is 0 Å². The molecule has 1 heterocycles. The number of hydrogen-bond acceptors (Lipinski definition) is 3. The predicted octanol–water partition coefficient (Wildman–Crippen LogP) is 1.98. The fraction of sp³-hybridized carbons (Fsp3) is 0.385. The molecule has 1 saturated carbocycles. The Morgan fingerprint density at radius 2 is 2.33 bits per heavy atom. The first-order valence-electron chi connectivity index (χ1n) is 5.78. The second-order valence-corrected chi connectivity index (χ2v) is 5.41. The van der Waals surface area contributed by atoms with E-state index in [-0.39, 0.29) is 11.8 Å². The van der Waals surface area contributed by atoms with Crippen LogP contribution in [-0.4, -0.2) is 28.4 Å². The normalized spacial score (nSPS) is 21.3. The summed E-state index contributed by atoms with van der Waals surface area (Å²) in [6.45, 7) is 4.63. The zero-order valence-electron chi connectivity index (χ0n) is 9.91. The van der Waals surface area contributed by atoms with E-state index in [0.717, 1.165) is 4.88 Å². The molecule has 2 atom stereocenters. The molecule has 0 radical (unpaired) electrons. The third-order valence-corrected chi connectivity index (χ3v) is 3.87. The minimum atomic E-state index is -0.872. The monoisotopic (exact) mass is 265 g/mol. The standard InChI is InChI=1S/C13H15NO3S/c1-2-5-14(8-9-4-3-6-18-9)12(15)10-7-11(10)13(16)17/h2-4,6,10-11H,1,5,7-8H2,(H,16,17). The molecule has 1 aliphatic rings. The minimum Gasteiger partial charge on any atom is -0.481 e. The molecule has 2 rings (SSSR count). The van der Waals surface area contributed by atoms with Crippen molar-refractivity contribution in [2.75, 3.05) is 6.54 Å². The van der Waals surface area contributed by atoms with Gasteiger partial charge in [0.2, 0.25) is 5.91 Å². The molecule has 0 bridgehead atoms. The Kier molecular flexibility index (Phi) is 3.81. The molecule has 18 heavy (non-hydrogen) atoms. The summed E-state index contributed by atoms with van der Waals surface area (Å²) < 4.78 is 0. The van der Waals surface area contributed by atoms with Crippen molar-refractivity contribution in [3.63, 3.8) is 0 Å². The van der Waals surface area contributed by atoms with Gasteiger partial charge in [-0.2, -0.15) is 0 Å². The Morgan fingerprint density at radius 3 is 2.83 bits per heavy atom. The van der Waals surface area contributed by atoms with Crippen molar-refractivity contribution in [3.8, 4) is 0 Å². The highest BCUT2D eigenvalue weighted by molar-refractivity contribution is 7.09. The van der Waals surface area contributed by atoms with E-state index < -0.39 is 11.9 Å². The number of rotatable bonds is 6. The molecule has 1 fully saturated rings. The number of aliphatic carboxylic acids is 1. The summed E-state index contributed by atoms with van der Waals surface area (Å²) in [6, 6.07) is 3.91. The van der Waals surface area contributed by atoms with Crippen LogP contribution in [0.5, 0.6) is 0 Å². The summed E-state index contributed by atoms with van der Waals surface area (Å²) in [5.41, 5.74) is 0. The van der Waals surface area contributed by atoms with Gasteiger partial charge in [0.05, 0.1) is 18.4 Å². The third kappa shape index (κ3) is 2.79. The van der Waals surface area contributed by atoms with Crippen LogP contribution >= 0.6 is 11.3 Å². The summed E-state index contributed by atoms with van der Waals surface area (Å²) in [7, 11) is 0. The van der Waals surface area contributed by atoms with Crippen LogP contribution in [0.15, 0.2) is 30.2 Å². The lowest BCUT2D eigenvalue weighted by Gasteiger charge is -2.20.